The van der Waals surface area contributed by atoms with E-state index in [4.69, 9.17) is 9.47 Å². The van der Waals surface area contributed by atoms with E-state index >= 15 is 0 Å². The van der Waals surface area contributed by atoms with Crippen molar-refractivity contribution in [3.8, 4) is 0 Å². The lowest BCUT2D eigenvalue weighted by atomic mass is 9.47. The van der Waals surface area contributed by atoms with E-state index in [1.165, 1.54) is 12.1 Å². The summed E-state index contributed by atoms with van der Waals surface area (Å²) in [6.07, 6.45) is 1.47. The number of imide groups is 1. The van der Waals surface area contributed by atoms with Crippen LogP contribution >= 0.6 is 0 Å². The van der Waals surface area contributed by atoms with Gasteiger partial charge in [0.25, 0.3) is 5.69 Å². The summed E-state index contributed by atoms with van der Waals surface area (Å²) in [5.41, 5.74) is 4.95. The monoisotopic (exact) mass is 580 g/mol. The molecule has 0 spiro atoms. The SMILES string of the molecule is Cc1ccc(N2C(=O)[C@@H]3C4c5ccccc5C(/C=N\NC(=O)CC5(C)OCCO5)(c5ccccc54)[C@H]3C2=O)c([N+](=O)[O-])c1. The highest BCUT2D eigenvalue weighted by molar-refractivity contribution is 6.25. The highest BCUT2D eigenvalue weighted by atomic mass is 16.7. The Balaban J connectivity index is 1.37. The minimum atomic E-state index is -1.23. The lowest BCUT2D eigenvalue weighted by molar-refractivity contribution is -0.384. The van der Waals surface area contributed by atoms with E-state index in [0.29, 0.717) is 18.8 Å². The fourth-order valence-electron chi connectivity index (χ4n) is 7.45. The molecule has 11 heteroatoms. The summed E-state index contributed by atoms with van der Waals surface area (Å²) >= 11 is 0. The summed E-state index contributed by atoms with van der Waals surface area (Å²) < 4.78 is 11.1. The van der Waals surface area contributed by atoms with Gasteiger partial charge in [-0.25, -0.2) is 10.3 Å². The maximum atomic E-state index is 14.5. The molecular formula is C32H28N4O7. The maximum Gasteiger partial charge on any atom is 0.293 e. The largest absolute Gasteiger partial charge is 0.347 e. The summed E-state index contributed by atoms with van der Waals surface area (Å²) in [5, 5.41) is 16.4. The van der Waals surface area contributed by atoms with Gasteiger partial charge in [0.15, 0.2) is 5.79 Å². The Kier molecular flexibility index (Phi) is 6.08. The normalized spacial score (nSPS) is 26.4. The molecule has 43 heavy (non-hydrogen) atoms. The van der Waals surface area contributed by atoms with Crippen LogP contribution in [0.4, 0.5) is 11.4 Å². The molecule has 0 aromatic heterocycles. The Morgan fingerprint density at radius 2 is 1.67 bits per heavy atom. The zero-order chi connectivity index (χ0) is 30.1. The minimum Gasteiger partial charge on any atom is -0.347 e. The summed E-state index contributed by atoms with van der Waals surface area (Å²) in [6, 6.07) is 19.7. The molecule has 8 rings (SSSR count). The predicted octanol–water partition coefficient (Wildman–Crippen LogP) is 3.71. The molecule has 0 radical (unpaired) electrons. The second kappa shape index (κ2) is 9.65. The highest BCUT2D eigenvalue weighted by Crippen LogP contribution is 2.64. The minimum absolute atomic E-state index is 0.0577. The van der Waals surface area contributed by atoms with Crippen molar-refractivity contribution in [2.45, 2.75) is 37.4 Å². The van der Waals surface area contributed by atoms with Gasteiger partial charge in [0.05, 0.1) is 41.8 Å². The number of hydrogen-bond acceptors (Lipinski definition) is 8. The average molecular weight is 581 g/mol. The molecule has 0 unspecified atom stereocenters. The van der Waals surface area contributed by atoms with Crippen molar-refractivity contribution in [1.82, 2.24) is 5.43 Å². The lowest BCUT2D eigenvalue weighted by Crippen LogP contribution is -2.54. The van der Waals surface area contributed by atoms with Crippen molar-refractivity contribution in [3.05, 3.63) is 105 Å². The van der Waals surface area contributed by atoms with E-state index in [0.717, 1.165) is 27.2 Å². The molecule has 3 aromatic carbocycles. The molecule has 2 heterocycles. The number of ether oxygens (including phenoxy) is 2. The van der Waals surface area contributed by atoms with Crippen molar-refractivity contribution in [2.75, 3.05) is 18.1 Å². The van der Waals surface area contributed by atoms with Crippen LogP contribution in [0, 0.1) is 28.9 Å². The molecular weight excluding hydrogens is 552 g/mol. The molecule has 11 nitrogen and oxygen atoms in total. The number of hydrazone groups is 1. The van der Waals surface area contributed by atoms with Crippen molar-refractivity contribution < 1.29 is 28.8 Å². The van der Waals surface area contributed by atoms with Crippen LogP contribution in [0.3, 0.4) is 0 Å². The zero-order valence-corrected chi connectivity index (χ0v) is 23.5. The number of aryl methyl sites for hydroxylation is 1. The number of amides is 3. The van der Waals surface area contributed by atoms with Gasteiger partial charge in [-0.1, -0.05) is 54.6 Å². The maximum absolute atomic E-state index is 14.5. The summed E-state index contributed by atoms with van der Waals surface area (Å²) in [4.78, 5) is 54.1. The summed E-state index contributed by atoms with van der Waals surface area (Å²) in [5.74, 6) is -4.76. The molecule has 2 saturated heterocycles. The smallest absolute Gasteiger partial charge is 0.293 e. The standard InChI is InChI=1S/C32H28N4O7/c1-18-11-12-23(24(15-18)36(40)41)35-29(38)27-26-19-7-3-5-9-21(19)32(28(27)30(35)39,22-10-6-4-8-20(22)26)17-33-34-25(37)16-31(2)42-13-14-43-31/h3-12,15,17,26-28H,13-14,16H2,1-2H3,(H,34,37)/b33-17-/t26?,27-,28-,32?/m1/s1. The van der Waals surface area contributed by atoms with E-state index in [1.54, 1.807) is 26.1 Å². The van der Waals surface area contributed by atoms with Crippen LogP contribution < -0.4 is 10.3 Å². The van der Waals surface area contributed by atoms with Crippen LogP contribution in [0.25, 0.3) is 0 Å². The molecule has 218 valence electrons. The van der Waals surface area contributed by atoms with Crippen LogP contribution in [0.2, 0.25) is 0 Å². The molecule has 3 aliphatic carbocycles. The third-order valence-corrected chi connectivity index (χ3v) is 9.09. The van der Waals surface area contributed by atoms with E-state index < -0.39 is 51.6 Å². The van der Waals surface area contributed by atoms with E-state index in [9.17, 15) is 24.5 Å². The first-order valence-corrected chi connectivity index (χ1v) is 14.1. The van der Waals surface area contributed by atoms with Gasteiger partial charge in [0.2, 0.25) is 17.7 Å². The van der Waals surface area contributed by atoms with Crippen molar-refractivity contribution in [3.63, 3.8) is 0 Å². The fourth-order valence-corrected chi connectivity index (χ4v) is 7.45. The third-order valence-electron chi connectivity index (χ3n) is 9.09. The number of anilines is 1. The average Bonchev–Trinajstić information content (AvgIpc) is 3.53. The zero-order valence-electron chi connectivity index (χ0n) is 23.5. The number of carbonyl (C=O) groups is 3. The number of nitrogens with zero attached hydrogens (tertiary/aromatic N) is 3. The van der Waals surface area contributed by atoms with Crippen LogP contribution in [0.1, 0.15) is 47.1 Å². The first-order chi connectivity index (χ1) is 20.7. The van der Waals surface area contributed by atoms with E-state index in [2.05, 4.69) is 10.5 Å². The second-order valence-corrected chi connectivity index (χ2v) is 11.6. The number of carbonyl (C=O) groups excluding carboxylic acids is 3. The van der Waals surface area contributed by atoms with Crippen LogP contribution in [0.15, 0.2) is 71.8 Å². The Bertz CT molecular complexity index is 1700. The van der Waals surface area contributed by atoms with Gasteiger partial charge in [-0.3, -0.25) is 24.5 Å². The Morgan fingerprint density at radius 3 is 2.30 bits per heavy atom. The van der Waals surface area contributed by atoms with Gasteiger partial charge < -0.3 is 9.47 Å². The molecule has 2 aliphatic heterocycles. The highest BCUT2D eigenvalue weighted by Gasteiger charge is 2.68. The van der Waals surface area contributed by atoms with Crippen LogP contribution in [-0.2, 0) is 29.3 Å². The third kappa shape index (κ3) is 3.88. The molecule has 1 N–H and O–H groups in total. The molecule has 2 atom stereocenters. The van der Waals surface area contributed by atoms with Crippen LogP contribution in [-0.4, -0.2) is 47.9 Å². The Labute approximate surface area is 246 Å². The number of rotatable bonds is 6. The number of hydrogen-bond donors (Lipinski definition) is 1. The van der Waals surface area contributed by atoms with Gasteiger partial charge >= 0.3 is 0 Å². The Hall–Kier alpha value is -4.74. The van der Waals surface area contributed by atoms with Crippen LogP contribution in [0.5, 0.6) is 0 Å². The van der Waals surface area contributed by atoms with E-state index in [-0.39, 0.29) is 17.8 Å². The summed E-state index contributed by atoms with van der Waals surface area (Å²) in [6.45, 7) is 4.17. The van der Waals surface area contributed by atoms with Gasteiger partial charge in [0.1, 0.15) is 5.69 Å². The topological polar surface area (TPSA) is 140 Å². The van der Waals surface area contributed by atoms with E-state index in [1.807, 2.05) is 48.5 Å². The number of benzene rings is 3. The van der Waals surface area contributed by atoms with Gasteiger partial charge in [0, 0.05) is 18.2 Å². The van der Waals surface area contributed by atoms with Gasteiger partial charge in [-0.15, -0.1) is 0 Å². The number of nitrogens with one attached hydrogen (secondary N) is 1. The molecule has 2 fully saturated rings. The molecule has 3 amide bonds. The van der Waals surface area contributed by atoms with Crippen molar-refractivity contribution in [2.24, 2.45) is 16.9 Å². The molecule has 5 aliphatic rings. The van der Waals surface area contributed by atoms with Gasteiger partial charge in [-0.2, -0.15) is 5.10 Å². The fraction of sp³-hybridized carbons (Fsp3) is 0.312. The Morgan fingerprint density at radius 1 is 1.05 bits per heavy atom. The predicted molar refractivity (Wildman–Crippen MR) is 154 cm³/mol. The molecule has 0 saturated carbocycles. The lowest BCUT2D eigenvalue weighted by Gasteiger charge is -2.52. The first-order valence-electron chi connectivity index (χ1n) is 14.1. The molecule has 3 aromatic rings. The number of nitro benzene ring substituents is 1. The van der Waals surface area contributed by atoms with Gasteiger partial charge in [-0.05, 0) is 47.7 Å². The summed E-state index contributed by atoms with van der Waals surface area (Å²) in [7, 11) is 0. The number of nitro groups is 1. The van der Waals surface area contributed by atoms with Crippen molar-refractivity contribution >= 4 is 35.3 Å². The first kappa shape index (κ1) is 27.1. The second-order valence-electron chi connectivity index (χ2n) is 11.6. The quantitative estimate of drug-likeness (QED) is 0.203. The molecule has 2 bridgehead atoms. The van der Waals surface area contributed by atoms with Crippen molar-refractivity contribution in [1.29, 1.82) is 0 Å².